The van der Waals surface area contributed by atoms with Gasteiger partial charge in [-0.2, -0.15) is 0 Å². The standard InChI is InChI=1S/C18H23N5/c1-13-8-14(9-18(22-13)23-6-2-3-7-23)11-19-17-10-16(15-4-5-15)20-12-21-17/h8-10,12,15H,2-7,11H2,1H3,(H,19,20,21). The molecule has 1 aliphatic carbocycles. The first-order valence-corrected chi connectivity index (χ1v) is 8.56. The van der Waals surface area contributed by atoms with Crippen molar-refractivity contribution in [1.82, 2.24) is 15.0 Å². The van der Waals surface area contributed by atoms with E-state index in [1.165, 1.54) is 36.9 Å². The maximum Gasteiger partial charge on any atom is 0.129 e. The van der Waals surface area contributed by atoms with Crippen LogP contribution in [0, 0.1) is 6.92 Å². The number of rotatable bonds is 5. The van der Waals surface area contributed by atoms with E-state index in [1.807, 2.05) is 0 Å². The number of aromatic nitrogens is 3. The number of aryl methyl sites for hydroxylation is 1. The summed E-state index contributed by atoms with van der Waals surface area (Å²) in [6.45, 7) is 5.09. The van der Waals surface area contributed by atoms with Crippen molar-refractivity contribution in [1.29, 1.82) is 0 Å². The average molecular weight is 309 g/mol. The highest BCUT2D eigenvalue weighted by Gasteiger charge is 2.25. The van der Waals surface area contributed by atoms with Gasteiger partial charge in [0.25, 0.3) is 0 Å². The van der Waals surface area contributed by atoms with Crippen molar-refractivity contribution in [2.24, 2.45) is 0 Å². The van der Waals surface area contributed by atoms with Crippen LogP contribution in [0.5, 0.6) is 0 Å². The molecule has 5 nitrogen and oxygen atoms in total. The molecule has 0 atom stereocenters. The zero-order valence-corrected chi connectivity index (χ0v) is 13.6. The van der Waals surface area contributed by atoms with E-state index in [0.29, 0.717) is 5.92 Å². The molecule has 0 radical (unpaired) electrons. The number of hydrogen-bond acceptors (Lipinski definition) is 5. The van der Waals surface area contributed by atoms with Crippen LogP contribution in [-0.4, -0.2) is 28.0 Å². The molecule has 0 bridgehead atoms. The van der Waals surface area contributed by atoms with Gasteiger partial charge in [0, 0.05) is 43.0 Å². The summed E-state index contributed by atoms with van der Waals surface area (Å²) in [6, 6.07) is 6.44. The molecule has 1 saturated heterocycles. The number of pyridine rings is 1. The molecule has 1 saturated carbocycles. The normalized spacial score (nSPS) is 17.5. The fourth-order valence-electron chi connectivity index (χ4n) is 3.20. The topological polar surface area (TPSA) is 53.9 Å². The van der Waals surface area contributed by atoms with Crippen molar-refractivity contribution in [3.05, 3.63) is 41.5 Å². The zero-order chi connectivity index (χ0) is 15.6. The van der Waals surface area contributed by atoms with Crippen LogP contribution < -0.4 is 10.2 Å². The first-order chi connectivity index (χ1) is 11.3. The van der Waals surface area contributed by atoms with Crippen LogP contribution >= 0.6 is 0 Å². The molecule has 0 amide bonds. The Kier molecular flexibility index (Phi) is 3.85. The van der Waals surface area contributed by atoms with Gasteiger partial charge >= 0.3 is 0 Å². The highest BCUT2D eigenvalue weighted by atomic mass is 15.2. The summed E-state index contributed by atoms with van der Waals surface area (Å²) >= 11 is 0. The van der Waals surface area contributed by atoms with Crippen LogP contribution in [0.4, 0.5) is 11.6 Å². The third kappa shape index (κ3) is 3.44. The van der Waals surface area contributed by atoms with Gasteiger partial charge in [0.15, 0.2) is 0 Å². The second-order valence-corrected chi connectivity index (χ2v) is 6.63. The van der Waals surface area contributed by atoms with Crippen molar-refractivity contribution >= 4 is 11.6 Å². The number of nitrogens with one attached hydrogen (secondary N) is 1. The van der Waals surface area contributed by atoms with Crippen LogP contribution in [0.2, 0.25) is 0 Å². The molecule has 1 aliphatic heterocycles. The van der Waals surface area contributed by atoms with Crippen molar-refractivity contribution < 1.29 is 0 Å². The summed E-state index contributed by atoms with van der Waals surface area (Å²) < 4.78 is 0. The minimum absolute atomic E-state index is 0.656. The predicted molar refractivity (Wildman–Crippen MR) is 91.8 cm³/mol. The van der Waals surface area contributed by atoms with Crippen LogP contribution in [0.25, 0.3) is 0 Å². The minimum Gasteiger partial charge on any atom is -0.366 e. The molecule has 0 spiro atoms. The molecule has 5 heteroatoms. The van der Waals surface area contributed by atoms with E-state index in [0.717, 1.165) is 37.0 Å². The van der Waals surface area contributed by atoms with Crippen LogP contribution in [0.1, 0.15) is 48.6 Å². The number of anilines is 2. The molecule has 3 heterocycles. The largest absolute Gasteiger partial charge is 0.366 e. The van der Waals surface area contributed by atoms with E-state index in [2.05, 4.69) is 50.3 Å². The quantitative estimate of drug-likeness (QED) is 0.918. The first-order valence-electron chi connectivity index (χ1n) is 8.56. The van der Waals surface area contributed by atoms with E-state index in [9.17, 15) is 0 Å². The Morgan fingerprint density at radius 3 is 2.74 bits per heavy atom. The van der Waals surface area contributed by atoms with Gasteiger partial charge in [-0.25, -0.2) is 15.0 Å². The van der Waals surface area contributed by atoms with Crippen LogP contribution in [-0.2, 0) is 6.54 Å². The summed E-state index contributed by atoms with van der Waals surface area (Å²) in [5.74, 6) is 2.68. The third-order valence-electron chi connectivity index (χ3n) is 4.59. The lowest BCUT2D eigenvalue weighted by Gasteiger charge is -2.18. The van der Waals surface area contributed by atoms with Gasteiger partial charge in [0.05, 0.1) is 0 Å². The van der Waals surface area contributed by atoms with Crippen LogP contribution in [0.3, 0.4) is 0 Å². The van der Waals surface area contributed by atoms with Gasteiger partial charge in [0.1, 0.15) is 18.0 Å². The van der Waals surface area contributed by atoms with Gasteiger partial charge in [-0.1, -0.05) is 0 Å². The van der Waals surface area contributed by atoms with Gasteiger partial charge in [-0.3, -0.25) is 0 Å². The summed E-state index contributed by atoms with van der Waals surface area (Å²) in [5.41, 5.74) is 3.50. The molecule has 1 N–H and O–H groups in total. The monoisotopic (exact) mass is 309 g/mol. The molecular formula is C18H23N5. The second kappa shape index (κ2) is 6.14. The number of nitrogens with zero attached hydrogens (tertiary/aromatic N) is 4. The first kappa shape index (κ1) is 14.4. The Bertz CT molecular complexity index is 690. The smallest absolute Gasteiger partial charge is 0.129 e. The van der Waals surface area contributed by atoms with E-state index < -0.39 is 0 Å². The summed E-state index contributed by atoms with van der Waals surface area (Å²) in [7, 11) is 0. The SMILES string of the molecule is Cc1cc(CNc2cc(C3CC3)ncn2)cc(N2CCCC2)n1. The summed E-state index contributed by atoms with van der Waals surface area (Å²) in [5, 5.41) is 3.43. The average Bonchev–Trinajstić information content (AvgIpc) is 3.27. The molecule has 120 valence electrons. The van der Waals surface area contributed by atoms with Gasteiger partial charge < -0.3 is 10.2 Å². The van der Waals surface area contributed by atoms with Gasteiger partial charge in [-0.05, 0) is 50.3 Å². The molecule has 2 aromatic rings. The summed E-state index contributed by atoms with van der Waals surface area (Å²) in [6.07, 6.45) is 6.74. The zero-order valence-electron chi connectivity index (χ0n) is 13.6. The molecule has 2 fully saturated rings. The van der Waals surface area contributed by atoms with E-state index in [-0.39, 0.29) is 0 Å². The van der Waals surface area contributed by atoms with E-state index in [4.69, 9.17) is 0 Å². The molecular weight excluding hydrogens is 286 g/mol. The third-order valence-corrected chi connectivity index (χ3v) is 4.59. The molecule has 0 unspecified atom stereocenters. The second-order valence-electron chi connectivity index (χ2n) is 6.63. The lowest BCUT2D eigenvalue weighted by molar-refractivity contribution is 0.920. The van der Waals surface area contributed by atoms with Crippen molar-refractivity contribution in [3.8, 4) is 0 Å². The molecule has 4 rings (SSSR count). The highest BCUT2D eigenvalue weighted by molar-refractivity contribution is 5.45. The van der Waals surface area contributed by atoms with Crippen molar-refractivity contribution in [2.45, 2.75) is 45.1 Å². The Morgan fingerprint density at radius 2 is 1.96 bits per heavy atom. The molecule has 2 aliphatic rings. The summed E-state index contributed by atoms with van der Waals surface area (Å²) in [4.78, 5) is 15.8. The molecule has 23 heavy (non-hydrogen) atoms. The lowest BCUT2D eigenvalue weighted by Crippen LogP contribution is -2.19. The minimum atomic E-state index is 0.656. The highest BCUT2D eigenvalue weighted by Crippen LogP contribution is 2.39. The fraction of sp³-hybridized carbons (Fsp3) is 0.500. The van der Waals surface area contributed by atoms with E-state index in [1.54, 1.807) is 6.33 Å². The van der Waals surface area contributed by atoms with Crippen LogP contribution in [0.15, 0.2) is 24.5 Å². The lowest BCUT2D eigenvalue weighted by atomic mass is 10.2. The Labute approximate surface area is 137 Å². The van der Waals surface area contributed by atoms with Gasteiger partial charge in [0.2, 0.25) is 0 Å². The van der Waals surface area contributed by atoms with Gasteiger partial charge in [-0.15, -0.1) is 0 Å². The maximum atomic E-state index is 4.69. The number of hydrogen-bond donors (Lipinski definition) is 1. The molecule has 0 aromatic carbocycles. The Morgan fingerprint density at radius 1 is 1.13 bits per heavy atom. The Hall–Kier alpha value is -2.17. The van der Waals surface area contributed by atoms with Crippen molar-refractivity contribution in [3.63, 3.8) is 0 Å². The van der Waals surface area contributed by atoms with Crippen molar-refractivity contribution in [2.75, 3.05) is 23.3 Å². The van der Waals surface area contributed by atoms with E-state index >= 15 is 0 Å². The Balaban J connectivity index is 1.46. The fourth-order valence-corrected chi connectivity index (χ4v) is 3.20. The molecule has 2 aromatic heterocycles. The maximum absolute atomic E-state index is 4.69. The predicted octanol–water partition coefficient (Wildman–Crippen LogP) is 3.27.